The number of hydrogen-bond donors (Lipinski definition) is 1. The largest absolute Gasteiger partial charge is 0.396 e. The molecule has 0 saturated heterocycles. The maximum absolute atomic E-state index is 9.23. The number of aliphatic hydroxyl groups is 1. The normalized spacial score (nSPS) is 36.3. The molecule has 112 valence electrons. The third-order valence-corrected chi connectivity index (χ3v) is 5.92. The molecule has 1 N–H and O–H groups in total. The summed E-state index contributed by atoms with van der Waals surface area (Å²) in [4.78, 5) is 0. The van der Waals surface area contributed by atoms with Crippen molar-refractivity contribution in [3.63, 3.8) is 0 Å². The van der Waals surface area contributed by atoms with E-state index in [1.165, 1.54) is 77.0 Å². The lowest BCUT2D eigenvalue weighted by Crippen LogP contribution is -2.26. The predicted molar refractivity (Wildman–Crippen MR) is 82.1 cm³/mol. The third kappa shape index (κ3) is 4.77. The first-order valence-corrected chi connectivity index (χ1v) is 8.94. The van der Waals surface area contributed by atoms with Crippen molar-refractivity contribution in [3.8, 4) is 0 Å². The summed E-state index contributed by atoms with van der Waals surface area (Å²) in [6.07, 6.45) is 17.2. The van der Waals surface area contributed by atoms with Gasteiger partial charge >= 0.3 is 0 Å². The minimum absolute atomic E-state index is 0.427. The Balaban J connectivity index is 1.63. The maximum atomic E-state index is 9.23. The number of unbranched alkanes of at least 4 members (excludes halogenated alkanes) is 2. The van der Waals surface area contributed by atoms with Crippen LogP contribution in [-0.4, -0.2) is 11.7 Å². The molecule has 0 bridgehead atoms. The summed E-state index contributed by atoms with van der Waals surface area (Å²) in [5.74, 6) is 3.71. The van der Waals surface area contributed by atoms with Crippen molar-refractivity contribution >= 4 is 0 Å². The van der Waals surface area contributed by atoms with Gasteiger partial charge in [0.25, 0.3) is 0 Å². The second kappa shape index (κ2) is 8.29. The van der Waals surface area contributed by atoms with Gasteiger partial charge in [-0.25, -0.2) is 0 Å². The molecule has 0 aromatic carbocycles. The fourth-order valence-corrected chi connectivity index (χ4v) is 4.47. The number of hydrogen-bond acceptors (Lipinski definition) is 1. The van der Waals surface area contributed by atoms with Crippen LogP contribution in [0.25, 0.3) is 0 Å². The lowest BCUT2D eigenvalue weighted by Gasteiger charge is -2.37. The topological polar surface area (TPSA) is 20.2 Å². The Kier molecular flexibility index (Phi) is 6.70. The molecule has 1 heteroatoms. The fraction of sp³-hybridized carbons (Fsp3) is 1.00. The summed E-state index contributed by atoms with van der Waals surface area (Å²) in [5, 5.41) is 9.23. The van der Waals surface area contributed by atoms with E-state index in [0.717, 1.165) is 17.8 Å². The highest BCUT2D eigenvalue weighted by atomic mass is 16.3. The molecule has 0 radical (unpaired) electrons. The van der Waals surface area contributed by atoms with Crippen molar-refractivity contribution in [3.05, 3.63) is 0 Å². The summed E-state index contributed by atoms with van der Waals surface area (Å²) < 4.78 is 0. The van der Waals surface area contributed by atoms with Crippen LogP contribution >= 0.6 is 0 Å². The van der Waals surface area contributed by atoms with Gasteiger partial charge in [0, 0.05) is 6.61 Å². The summed E-state index contributed by atoms with van der Waals surface area (Å²) in [5.41, 5.74) is 0. The molecule has 0 amide bonds. The lowest BCUT2D eigenvalue weighted by atomic mass is 9.69. The summed E-state index contributed by atoms with van der Waals surface area (Å²) in [6.45, 7) is 2.73. The van der Waals surface area contributed by atoms with Gasteiger partial charge in [0.1, 0.15) is 0 Å². The van der Waals surface area contributed by atoms with Gasteiger partial charge < -0.3 is 5.11 Å². The smallest absolute Gasteiger partial charge is 0.0459 e. The first-order valence-electron chi connectivity index (χ1n) is 8.94. The minimum Gasteiger partial charge on any atom is -0.396 e. The highest BCUT2D eigenvalue weighted by Gasteiger charge is 2.30. The standard InChI is InChI=1S/C18H34O/c1-2-3-4-5-15-6-10-17(11-7-15)18-12-8-16(14-19)9-13-18/h15-19H,2-14H2,1H3/t15-,16-,17-,18-. The first kappa shape index (κ1) is 15.4. The van der Waals surface area contributed by atoms with Gasteiger partial charge in [-0.15, -0.1) is 0 Å². The second-order valence-electron chi connectivity index (χ2n) is 7.24. The molecule has 2 saturated carbocycles. The van der Waals surface area contributed by atoms with Gasteiger partial charge in [0.15, 0.2) is 0 Å². The molecule has 0 unspecified atom stereocenters. The number of aliphatic hydroxyl groups excluding tert-OH is 1. The molecule has 2 rings (SSSR count). The molecule has 0 aromatic rings. The van der Waals surface area contributed by atoms with Crippen LogP contribution in [0.1, 0.15) is 84.0 Å². The van der Waals surface area contributed by atoms with Gasteiger partial charge in [-0.3, -0.25) is 0 Å². The molecule has 0 heterocycles. The molecule has 2 aliphatic carbocycles. The van der Waals surface area contributed by atoms with Gasteiger partial charge in [0.05, 0.1) is 0 Å². The molecule has 1 nitrogen and oxygen atoms in total. The lowest BCUT2D eigenvalue weighted by molar-refractivity contribution is 0.115. The van der Waals surface area contributed by atoms with Crippen molar-refractivity contribution in [1.82, 2.24) is 0 Å². The van der Waals surface area contributed by atoms with Crippen LogP contribution in [0.4, 0.5) is 0 Å². The first-order chi connectivity index (χ1) is 9.33. The Labute approximate surface area is 120 Å². The van der Waals surface area contributed by atoms with Crippen molar-refractivity contribution in [2.45, 2.75) is 84.0 Å². The SMILES string of the molecule is CCCCC[C@H]1CC[C@H]([C@H]2CC[C@H](CO)CC2)CC1. The predicted octanol–water partition coefficient (Wildman–Crippen LogP) is 5.17. The van der Waals surface area contributed by atoms with Crippen LogP contribution in [0.5, 0.6) is 0 Å². The minimum atomic E-state index is 0.427. The van der Waals surface area contributed by atoms with Crippen LogP contribution < -0.4 is 0 Å². The van der Waals surface area contributed by atoms with Crippen molar-refractivity contribution < 1.29 is 5.11 Å². The van der Waals surface area contributed by atoms with Crippen LogP contribution in [0.2, 0.25) is 0 Å². The molecule has 19 heavy (non-hydrogen) atoms. The zero-order valence-electron chi connectivity index (χ0n) is 12.9. The quantitative estimate of drug-likeness (QED) is 0.657. The molecule has 0 aliphatic heterocycles. The van der Waals surface area contributed by atoms with E-state index in [-0.39, 0.29) is 0 Å². The summed E-state index contributed by atoms with van der Waals surface area (Å²) >= 11 is 0. The average molecular weight is 266 g/mol. The Bertz CT molecular complexity index is 222. The molecule has 2 fully saturated rings. The highest BCUT2D eigenvalue weighted by Crippen LogP contribution is 2.42. The van der Waals surface area contributed by atoms with Gasteiger partial charge in [-0.2, -0.15) is 0 Å². The van der Waals surface area contributed by atoms with Crippen LogP contribution in [0.15, 0.2) is 0 Å². The van der Waals surface area contributed by atoms with Gasteiger partial charge in [0.2, 0.25) is 0 Å². The highest BCUT2D eigenvalue weighted by molar-refractivity contribution is 4.81. The molecular formula is C18H34O. The molecule has 0 aromatic heterocycles. The summed E-state index contributed by atoms with van der Waals surface area (Å²) in [6, 6.07) is 0. The van der Waals surface area contributed by atoms with E-state index in [9.17, 15) is 5.11 Å². The number of rotatable bonds is 6. The maximum Gasteiger partial charge on any atom is 0.0459 e. The average Bonchev–Trinajstić information content (AvgIpc) is 2.48. The van der Waals surface area contributed by atoms with E-state index in [2.05, 4.69) is 6.92 Å². The van der Waals surface area contributed by atoms with Gasteiger partial charge in [-0.05, 0) is 62.2 Å². The van der Waals surface area contributed by atoms with Crippen molar-refractivity contribution in [2.24, 2.45) is 23.7 Å². The summed E-state index contributed by atoms with van der Waals surface area (Å²) in [7, 11) is 0. The third-order valence-electron chi connectivity index (χ3n) is 5.92. The molecular weight excluding hydrogens is 232 g/mol. The van der Waals surface area contributed by atoms with Crippen LogP contribution in [-0.2, 0) is 0 Å². The fourth-order valence-electron chi connectivity index (χ4n) is 4.47. The van der Waals surface area contributed by atoms with Crippen LogP contribution in [0, 0.1) is 23.7 Å². The van der Waals surface area contributed by atoms with Crippen molar-refractivity contribution in [1.29, 1.82) is 0 Å². The van der Waals surface area contributed by atoms with Crippen LogP contribution in [0.3, 0.4) is 0 Å². The van der Waals surface area contributed by atoms with E-state index in [1.807, 2.05) is 0 Å². The molecule has 2 aliphatic rings. The van der Waals surface area contributed by atoms with E-state index in [0.29, 0.717) is 12.5 Å². The van der Waals surface area contributed by atoms with E-state index < -0.39 is 0 Å². The zero-order valence-corrected chi connectivity index (χ0v) is 12.9. The zero-order chi connectivity index (χ0) is 13.5. The Morgan fingerprint density at radius 1 is 0.737 bits per heavy atom. The van der Waals surface area contributed by atoms with E-state index >= 15 is 0 Å². The Morgan fingerprint density at radius 2 is 1.26 bits per heavy atom. The van der Waals surface area contributed by atoms with E-state index in [4.69, 9.17) is 0 Å². The molecule has 0 atom stereocenters. The van der Waals surface area contributed by atoms with Gasteiger partial charge in [-0.1, -0.05) is 45.4 Å². The monoisotopic (exact) mass is 266 g/mol. The second-order valence-corrected chi connectivity index (χ2v) is 7.24. The molecule has 0 spiro atoms. The Morgan fingerprint density at radius 3 is 1.74 bits per heavy atom. The Hall–Kier alpha value is -0.0400. The van der Waals surface area contributed by atoms with E-state index in [1.54, 1.807) is 0 Å². The van der Waals surface area contributed by atoms with Crippen molar-refractivity contribution in [2.75, 3.05) is 6.61 Å².